The summed E-state index contributed by atoms with van der Waals surface area (Å²) in [5.74, 6) is 0.540. The van der Waals surface area contributed by atoms with Gasteiger partial charge in [-0.25, -0.2) is 29.9 Å². The molecule has 12 heteroatoms. The molecular formula is C92H80N8O4. The zero-order valence-electron chi connectivity index (χ0n) is 60.4. The van der Waals surface area contributed by atoms with Crippen LogP contribution in [0.15, 0.2) is 229 Å². The average Bonchev–Trinajstić information content (AvgIpc) is 1.21. The minimum absolute atomic E-state index is 0.121. The van der Waals surface area contributed by atoms with Gasteiger partial charge in [0.2, 0.25) is 0 Å². The van der Waals surface area contributed by atoms with Crippen LogP contribution in [-0.4, -0.2) is 61.0 Å². The number of nitrogens with one attached hydrogen (secondary N) is 2. The van der Waals surface area contributed by atoms with Crippen LogP contribution in [0.4, 0.5) is 0 Å². The van der Waals surface area contributed by atoms with Gasteiger partial charge in [0.25, 0.3) is 0 Å². The molecule has 10 heterocycles. The molecule has 0 aliphatic carbocycles. The van der Waals surface area contributed by atoms with Crippen molar-refractivity contribution in [1.29, 1.82) is 0 Å². The van der Waals surface area contributed by atoms with E-state index in [0.29, 0.717) is 89.0 Å². The van der Waals surface area contributed by atoms with Crippen molar-refractivity contribution in [3.8, 4) is 79.3 Å². The van der Waals surface area contributed by atoms with Crippen molar-refractivity contribution in [1.82, 2.24) is 34.9 Å². The second-order valence-corrected chi connectivity index (χ2v) is 31.6. The molecule has 0 radical (unpaired) electrons. The molecule has 0 saturated carbocycles. The molecule has 512 valence electrons. The van der Waals surface area contributed by atoms with Gasteiger partial charge in [0, 0.05) is 88.1 Å². The van der Waals surface area contributed by atoms with Gasteiger partial charge >= 0.3 is 0 Å². The number of hydrogen-bond acceptors (Lipinski definition) is 10. The summed E-state index contributed by atoms with van der Waals surface area (Å²) < 4.78 is 0. The zero-order valence-corrected chi connectivity index (χ0v) is 60.4. The minimum Gasteiger partial charge on any atom is -0.507 e. The van der Waals surface area contributed by atoms with Crippen molar-refractivity contribution >= 4 is 88.9 Å². The molecule has 0 atom stereocenters. The molecular weight excluding hydrogens is 1280 g/mol. The Morgan fingerprint density at radius 1 is 0.317 bits per heavy atom. The summed E-state index contributed by atoms with van der Waals surface area (Å²) in [6, 6.07) is 68.6. The lowest BCUT2D eigenvalue weighted by Gasteiger charge is -2.22. The highest BCUT2D eigenvalue weighted by Gasteiger charge is 2.29. The molecule has 12 nitrogen and oxygen atoms in total. The largest absolute Gasteiger partial charge is 0.507 e. The van der Waals surface area contributed by atoms with E-state index in [1.807, 2.05) is 170 Å². The zero-order chi connectivity index (χ0) is 72.5. The number of phenolic OH excluding ortho intramolecular Hbond substituents is 4. The van der Waals surface area contributed by atoms with Gasteiger partial charge in [-0.2, -0.15) is 0 Å². The van der Waals surface area contributed by atoms with Gasteiger partial charge in [-0.1, -0.05) is 180 Å². The van der Waals surface area contributed by atoms with Crippen LogP contribution < -0.4 is 0 Å². The maximum Gasteiger partial charge on any atom is 0.134 e. The Morgan fingerprint density at radius 2 is 0.769 bits per heavy atom. The first kappa shape index (κ1) is 66.3. The summed E-state index contributed by atoms with van der Waals surface area (Å²) in [6.45, 7) is 26.0. The van der Waals surface area contributed by atoms with Crippen molar-refractivity contribution in [2.75, 3.05) is 0 Å². The Bertz CT molecular complexity index is 6180. The molecule has 0 saturated heterocycles. The number of fused-ring (bicyclic) bond motifs is 30. The summed E-state index contributed by atoms with van der Waals surface area (Å²) in [7, 11) is 0. The molecule has 104 heavy (non-hydrogen) atoms. The second-order valence-electron chi connectivity index (χ2n) is 31.6. The summed E-state index contributed by atoms with van der Waals surface area (Å²) in [6.07, 6.45) is 7.96. The van der Waals surface area contributed by atoms with E-state index in [0.717, 1.165) is 100 Å². The molecule has 6 N–H and O–H groups in total. The summed E-state index contributed by atoms with van der Waals surface area (Å²) in [4.78, 5) is 38.2. The number of benzene rings is 7. The Kier molecular flexibility index (Phi) is 15.8. The van der Waals surface area contributed by atoms with E-state index in [-0.39, 0.29) is 44.7 Å². The van der Waals surface area contributed by atoms with Gasteiger partial charge in [-0.15, -0.1) is 0 Å². The van der Waals surface area contributed by atoms with E-state index in [2.05, 4.69) is 154 Å². The molecule has 0 amide bonds. The molecule has 3 aliphatic heterocycles. The molecule has 17 rings (SSSR count). The van der Waals surface area contributed by atoms with Gasteiger partial charge in [0.05, 0.1) is 67.6 Å². The van der Waals surface area contributed by atoms with E-state index in [1.165, 1.54) is 0 Å². The predicted molar refractivity (Wildman–Crippen MR) is 428 cm³/mol. The first-order valence-corrected chi connectivity index (χ1v) is 35.4. The second kappa shape index (κ2) is 24.8. The first-order chi connectivity index (χ1) is 49.7. The maximum absolute atomic E-state index is 12.1. The quantitative estimate of drug-likeness (QED) is 0.0915. The number of allylic oxidation sites excluding steroid dienone is 2. The lowest BCUT2D eigenvalue weighted by Crippen LogP contribution is -2.13. The van der Waals surface area contributed by atoms with Crippen LogP contribution in [0.5, 0.6) is 23.0 Å². The number of nitrogens with zero attached hydrogens (tertiary/aromatic N) is 6. The third-order valence-corrected chi connectivity index (χ3v) is 20.2. The summed E-state index contributed by atoms with van der Waals surface area (Å²) in [5, 5.41) is 52.7. The Balaban J connectivity index is 0.000000160. The summed E-state index contributed by atoms with van der Waals surface area (Å²) >= 11 is 0. The molecule has 7 aromatic carbocycles. The average molecular weight is 1360 g/mol. The van der Waals surface area contributed by atoms with E-state index in [1.54, 1.807) is 0 Å². The number of aliphatic imine (C=N–C) groups is 1. The fourth-order valence-electron chi connectivity index (χ4n) is 14.2. The van der Waals surface area contributed by atoms with Gasteiger partial charge in [0.1, 0.15) is 23.0 Å². The standard InChI is InChI=1S/C47H40N4O2.C45H40N4O2/c1-46(2,3)29-22-31-35-18-20-39(48-35)41(26-10-8-7-9-11-26)40-21-19-36(49-40)32-23-30(47(4,5)6)25-34(45(32)53)38-17-15-28-13-12-27-14-16-37(33(24-29)44(31)52)50-42(27)43(28)51-38;1-44(2,3)27-22-29-33-14-10-16-37(46-33)38-17-11-15-34(47-38)30-23-28(45(4,5)6)25-32(43(30)51)36-19-21-40(49-36)41(26-12-8-7-9-13-26)39-20-18-35(48-39)31(24-27)42(29)50/h7-25,48,52-53H,1-6H3;7-25,48,50-51H,1-6H3. The number of phenols is 4. The van der Waals surface area contributed by atoms with Gasteiger partial charge < -0.3 is 30.4 Å². The molecule has 3 aliphatic rings. The maximum atomic E-state index is 12.1. The third kappa shape index (κ3) is 12.0. The molecule has 7 aromatic heterocycles. The van der Waals surface area contributed by atoms with Crippen LogP contribution in [-0.2, 0) is 21.7 Å². The molecule has 0 fully saturated rings. The Labute approximate surface area is 604 Å². The Morgan fingerprint density at radius 3 is 1.34 bits per heavy atom. The lowest BCUT2D eigenvalue weighted by molar-refractivity contribution is 0.474. The molecule has 0 unspecified atom stereocenters. The number of pyridine rings is 4. The van der Waals surface area contributed by atoms with Crippen molar-refractivity contribution in [3.05, 3.63) is 275 Å². The number of hydrogen-bond donors (Lipinski definition) is 6. The van der Waals surface area contributed by atoms with Crippen molar-refractivity contribution in [2.45, 2.75) is 105 Å². The number of aromatic nitrogens is 7. The van der Waals surface area contributed by atoms with Crippen LogP contribution in [0.2, 0.25) is 0 Å². The van der Waals surface area contributed by atoms with Crippen LogP contribution >= 0.6 is 0 Å². The molecule has 0 spiro atoms. The van der Waals surface area contributed by atoms with Gasteiger partial charge in [-0.3, -0.25) is 0 Å². The van der Waals surface area contributed by atoms with E-state index >= 15 is 0 Å². The van der Waals surface area contributed by atoms with Crippen molar-refractivity contribution in [3.63, 3.8) is 0 Å². The molecule has 14 aromatic rings. The van der Waals surface area contributed by atoms with Gasteiger partial charge in [-0.05, 0) is 189 Å². The molecule has 24 bridgehead atoms. The van der Waals surface area contributed by atoms with Crippen LogP contribution in [0, 0.1) is 0 Å². The number of H-pyrrole nitrogens is 2. The van der Waals surface area contributed by atoms with E-state index in [4.69, 9.17) is 29.9 Å². The minimum atomic E-state index is -0.217. The highest BCUT2D eigenvalue weighted by Crippen LogP contribution is 2.46. The van der Waals surface area contributed by atoms with Crippen LogP contribution in [0.25, 0.3) is 139 Å². The van der Waals surface area contributed by atoms with E-state index < -0.39 is 0 Å². The monoisotopic (exact) mass is 1360 g/mol. The fraction of sp³-hybridized carbons (Fsp3) is 0.174. The van der Waals surface area contributed by atoms with E-state index in [9.17, 15) is 20.4 Å². The highest BCUT2D eigenvalue weighted by atomic mass is 16.3. The fourth-order valence-corrected chi connectivity index (χ4v) is 14.2. The number of rotatable bonds is 2. The third-order valence-electron chi connectivity index (χ3n) is 20.2. The van der Waals surface area contributed by atoms with Crippen molar-refractivity contribution in [2.24, 2.45) is 4.99 Å². The highest BCUT2D eigenvalue weighted by molar-refractivity contribution is 6.15. The SMILES string of the molecule is CC(C)(C)c1cc2c(O)c(c1)-c1cccc(n1)-c1cccc(n1)-c1cc(C(C)(C)C)cc(c1O)-c1ccc([nH]1)C(c1ccccc1)=C1C=CC2=N1.CC(C)(C)c1cc2c3nc(c(-c4ccccc4)c4ccc([nH]4)c4cc(C(C)(C)C)cc(c4O)c4ccc5ccc6ccc(nc6c5n4)c(c1)c2O)C=C3. The predicted octanol–water partition coefficient (Wildman–Crippen LogP) is 22.6. The van der Waals surface area contributed by atoms with Gasteiger partial charge in [0.15, 0.2) is 0 Å². The Hall–Kier alpha value is -12.3. The summed E-state index contributed by atoms with van der Waals surface area (Å²) in [5.41, 5.74) is 21.3. The number of aromatic hydroxyl groups is 4. The smallest absolute Gasteiger partial charge is 0.134 e. The normalized spacial score (nSPS) is 13.3. The van der Waals surface area contributed by atoms with Crippen LogP contribution in [0.3, 0.4) is 0 Å². The van der Waals surface area contributed by atoms with Crippen LogP contribution in [0.1, 0.15) is 134 Å². The lowest BCUT2D eigenvalue weighted by atomic mass is 9.83. The number of aromatic amines is 2. The first-order valence-electron chi connectivity index (χ1n) is 35.4. The topological polar surface area (TPSA) is 189 Å². The van der Waals surface area contributed by atoms with Crippen molar-refractivity contribution < 1.29 is 20.4 Å².